The lowest BCUT2D eigenvalue weighted by Crippen LogP contribution is -2.17. The van der Waals surface area contributed by atoms with Crippen molar-refractivity contribution in [3.8, 4) is 0 Å². The number of primary sulfonamides is 1. The van der Waals surface area contributed by atoms with Gasteiger partial charge in [-0.25, -0.2) is 13.6 Å². The third kappa shape index (κ3) is 3.89. The molecular formula is C13H15BrN2O2S2. The molecule has 20 heavy (non-hydrogen) atoms. The van der Waals surface area contributed by atoms with Crippen LogP contribution in [0.25, 0.3) is 0 Å². The molecule has 4 nitrogen and oxygen atoms in total. The zero-order valence-corrected chi connectivity index (χ0v) is 14.1. The Bertz CT molecular complexity index is 681. The van der Waals surface area contributed by atoms with E-state index in [1.807, 2.05) is 11.4 Å². The number of hydrogen-bond donors (Lipinski definition) is 2. The first kappa shape index (κ1) is 15.7. The summed E-state index contributed by atoms with van der Waals surface area (Å²) < 4.78 is 23.4. The molecule has 0 aliphatic carbocycles. The van der Waals surface area contributed by atoms with Gasteiger partial charge in [-0.1, -0.05) is 12.1 Å². The second-order valence-electron chi connectivity index (χ2n) is 4.42. The van der Waals surface area contributed by atoms with Crippen molar-refractivity contribution in [3.05, 3.63) is 50.6 Å². The minimum absolute atomic E-state index is 0.135. The lowest BCUT2D eigenvalue weighted by atomic mass is 10.2. The summed E-state index contributed by atoms with van der Waals surface area (Å²) in [7, 11) is -3.62. The second kappa shape index (κ2) is 6.36. The van der Waals surface area contributed by atoms with Crippen LogP contribution in [-0.2, 0) is 16.6 Å². The third-order valence-corrected chi connectivity index (χ3v) is 5.89. The lowest BCUT2D eigenvalue weighted by molar-refractivity contribution is 0.580. The van der Waals surface area contributed by atoms with Crippen LogP contribution in [0, 0.1) is 0 Å². The minimum atomic E-state index is -3.62. The van der Waals surface area contributed by atoms with Gasteiger partial charge in [-0.3, -0.25) is 0 Å². The summed E-state index contributed by atoms with van der Waals surface area (Å²) in [6.07, 6.45) is 0. The van der Waals surface area contributed by atoms with E-state index in [9.17, 15) is 8.42 Å². The summed E-state index contributed by atoms with van der Waals surface area (Å²) in [5.74, 6) is 0. The molecule has 0 amide bonds. The number of nitrogens with one attached hydrogen (secondary N) is 1. The first-order valence-electron chi connectivity index (χ1n) is 5.96. The summed E-state index contributed by atoms with van der Waals surface area (Å²) >= 11 is 5.21. The van der Waals surface area contributed by atoms with E-state index in [4.69, 9.17) is 5.14 Å². The maximum Gasteiger partial charge on any atom is 0.238 e. The molecule has 1 heterocycles. The number of thiophene rings is 1. The first-order valence-corrected chi connectivity index (χ1v) is 9.18. The predicted octanol–water partition coefficient (Wildman–Crippen LogP) is 3.01. The van der Waals surface area contributed by atoms with E-state index in [2.05, 4.69) is 28.2 Å². The summed E-state index contributed by atoms with van der Waals surface area (Å²) in [5, 5.41) is 10.5. The maximum absolute atomic E-state index is 11.2. The highest BCUT2D eigenvalue weighted by atomic mass is 79.9. The molecule has 2 aromatic rings. The Morgan fingerprint density at radius 3 is 2.45 bits per heavy atom. The van der Waals surface area contributed by atoms with E-state index < -0.39 is 10.0 Å². The smallest absolute Gasteiger partial charge is 0.238 e. The van der Waals surface area contributed by atoms with Gasteiger partial charge in [0, 0.05) is 21.9 Å². The fraction of sp³-hybridized carbons (Fsp3) is 0.231. The first-order chi connectivity index (χ1) is 9.38. The number of sulfonamides is 1. The maximum atomic E-state index is 11.2. The molecular weight excluding hydrogens is 360 g/mol. The molecule has 0 radical (unpaired) electrons. The molecule has 0 bridgehead atoms. The van der Waals surface area contributed by atoms with Crippen molar-refractivity contribution in [1.29, 1.82) is 0 Å². The van der Waals surface area contributed by atoms with Gasteiger partial charge < -0.3 is 5.32 Å². The van der Waals surface area contributed by atoms with Gasteiger partial charge in [0.15, 0.2) is 0 Å². The van der Waals surface area contributed by atoms with Crippen LogP contribution in [0.3, 0.4) is 0 Å². The van der Waals surface area contributed by atoms with E-state index in [-0.39, 0.29) is 10.9 Å². The molecule has 1 atom stereocenters. The average Bonchev–Trinajstić information content (AvgIpc) is 2.82. The minimum Gasteiger partial charge on any atom is -0.305 e. The number of halogens is 1. The number of benzene rings is 1. The predicted molar refractivity (Wildman–Crippen MR) is 85.1 cm³/mol. The number of hydrogen-bond acceptors (Lipinski definition) is 4. The van der Waals surface area contributed by atoms with Gasteiger partial charge in [-0.2, -0.15) is 0 Å². The molecule has 108 valence electrons. The van der Waals surface area contributed by atoms with Crippen LogP contribution in [-0.4, -0.2) is 8.42 Å². The molecule has 2 rings (SSSR count). The molecule has 0 aliphatic rings. The molecule has 0 aliphatic heterocycles. The van der Waals surface area contributed by atoms with E-state index in [1.54, 1.807) is 23.5 Å². The monoisotopic (exact) mass is 374 g/mol. The van der Waals surface area contributed by atoms with Gasteiger partial charge in [-0.15, -0.1) is 11.3 Å². The summed E-state index contributed by atoms with van der Waals surface area (Å²) in [4.78, 5) is 1.38. The largest absolute Gasteiger partial charge is 0.305 e. The van der Waals surface area contributed by atoms with Crippen LogP contribution >= 0.6 is 27.3 Å². The van der Waals surface area contributed by atoms with Gasteiger partial charge in [0.25, 0.3) is 0 Å². The summed E-state index contributed by atoms with van der Waals surface area (Å²) in [6.45, 7) is 2.76. The molecule has 0 spiro atoms. The highest BCUT2D eigenvalue weighted by Crippen LogP contribution is 2.28. The van der Waals surface area contributed by atoms with Crippen molar-refractivity contribution in [3.63, 3.8) is 0 Å². The Labute approximate surface area is 131 Å². The molecule has 0 fully saturated rings. The SMILES string of the molecule is CC(NCc1ccc(S(N)(=O)=O)cc1)c1sccc1Br. The zero-order chi connectivity index (χ0) is 14.8. The summed E-state index contributed by atoms with van der Waals surface area (Å²) in [6, 6.07) is 8.84. The van der Waals surface area contributed by atoms with Crippen LogP contribution in [0.15, 0.2) is 45.1 Å². The van der Waals surface area contributed by atoms with Gasteiger partial charge in [-0.05, 0) is 52.0 Å². The van der Waals surface area contributed by atoms with Crippen LogP contribution < -0.4 is 10.5 Å². The van der Waals surface area contributed by atoms with E-state index in [0.717, 1.165) is 10.0 Å². The summed E-state index contributed by atoms with van der Waals surface area (Å²) in [5.41, 5.74) is 1.01. The highest BCUT2D eigenvalue weighted by Gasteiger charge is 2.11. The molecule has 3 N–H and O–H groups in total. The van der Waals surface area contributed by atoms with Crippen molar-refractivity contribution < 1.29 is 8.42 Å². The topological polar surface area (TPSA) is 72.2 Å². The van der Waals surface area contributed by atoms with Crippen LogP contribution in [0.1, 0.15) is 23.4 Å². The Morgan fingerprint density at radius 1 is 1.30 bits per heavy atom. The number of rotatable bonds is 5. The molecule has 7 heteroatoms. The Kier molecular flexibility index (Phi) is 4.98. The van der Waals surface area contributed by atoms with Gasteiger partial charge >= 0.3 is 0 Å². The molecule has 1 aromatic carbocycles. The molecule has 0 saturated carbocycles. The average molecular weight is 375 g/mol. The normalized spacial score (nSPS) is 13.3. The standard InChI is InChI=1S/C13H15BrN2O2S2/c1-9(13-12(14)6-7-19-13)16-8-10-2-4-11(5-3-10)20(15,17)18/h2-7,9,16H,8H2,1H3,(H2,15,17,18). The van der Waals surface area contributed by atoms with Crippen molar-refractivity contribution in [2.45, 2.75) is 24.4 Å². The lowest BCUT2D eigenvalue weighted by Gasteiger charge is -2.13. The molecule has 0 saturated heterocycles. The Balaban J connectivity index is 2.00. The quantitative estimate of drug-likeness (QED) is 0.844. The second-order valence-corrected chi connectivity index (χ2v) is 7.79. The van der Waals surface area contributed by atoms with E-state index >= 15 is 0 Å². The van der Waals surface area contributed by atoms with Gasteiger partial charge in [0.05, 0.1) is 4.90 Å². The van der Waals surface area contributed by atoms with Crippen molar-refractivity contribution in [1.82, 2.24) is 5.32 Å². The van der Waals surface area contributed by atoms with Crippen LogP contribution in [0.5, 0.6) is 0 Å². The number of nitrogens with two attached hydrogens (primary N) is 1. The van der Waals surface area contributed by atoms with E-state index in [1.165, 1.54) is 17.0 Å². The fourth-order valence-corrected chi connectivity index (χ4v) is 4.04. The molecule has 1 aromatic heterocycles. The van der Waals surface area contributed by atoms with Crippen molar-refractivity contribution in [2.24, 2.45) is 5.14 Å². The van der Waals surface area contributed by atoms with Gasteiger partial charge in [0.2, 0.25) is 10.0 Å². The Hall–Kier alpha value is -0.730. The van der Waals surface area contributed by atoms with Gasteiger partial charge in [0.1, 0.15) is 0 Å². The van der Waals surface area contributed by atoms with Crippen molar-refractivity contribution in [2.75, 3.05) is 0 Å². The van der Waals surface area contributed by atoms with E-state index in [0.29, 0.717) is 6.54 Å². The molecule has 1 unspecified atom stereocenters. The highest BCUT2D eigenvalue weighted by molar-refractivity contribution is 9.10. The van der Waals surface area contributed by atoms with Crippen molar-refractivity contribution >= 4 is 37.3 Å². The van der Waals surface area contributed by atoms with Crippen LogP contribution in [0.2, 0.25) is 0 Å². The fourth-order valence-electron chi connectivity index (χ4n) is 1.78. The Morgan fingerprint density at radius 2 is 1.95 bits per heavy atom. The zero-order valence-electron chi connectivity index (χ0n) is 10.8. The van der Waals surface area contributed by atoms with Crippen LogP contribution in [0.4, 0.5) is 0 Å². The third-order valence-electron chi connectivity index (χ3n) is 2.90.